The van der Waals surface area contributed by atoms with Crippen LogP contribution in [0.3, 0.4) is 0 Å². The molecule has 1 amide bonds. The quantitative estimate of drug-likeness (QED) is 0.487. The molecule has 3 aromatic rings. The molecule has 4 rings (SSSR count). The van der Waals surface area contributed by atoms with Gasteiger partial charge in [0.15, 0.2) is 0 Å². The second kappa shape index (κ2) is 10.7. The molecule has 0 aliphatic carbocycles. The summed E-state index contributed by atoms with van der Waals surface area (Å²) in [6.07, 6.45) is 1.12. The van der Waals surface area contributed by atoms with Crippen LogP contribution in [0.15, 0.2) is 58.1 Å². The molecule has 188 valence electrons. The first-order chi connectivity index (χ1) is 17.3. The van der Waals surface area contributed by atoms with Crippen molar-refractivity contribution in [2.75, 3.05) is 19.7 Å². The number of rotatable bonds is 6. The third-order valence-corrected chi connectivity index (χ3v) is 6.07. The number of esters is 1. The predicted octanol–water partition coefficient (Wildman–Crippen LogP) is 2.31. The summed E-state index contributed by atoms with van der Waals surface area (Å²) in [7, 11) is 0. The lowest BCUT2D eigenvalue weighted by molar-refractivity contribution is -0.149. The number of amides is 1. The van der Waals surface area contributed by atoms with Crippen LogP contribution in [0.1, 0.15) is 41.4 Å². The molecule has 1 aliphatic heterocycles. The molecule has 1 aromatic heterocycles. The van der Waals surface area contributed by atoms with Crippen LogP contribution in [-0.4, -0.2) is 50.8 Å². The number of likely N-dealkylation sites (tertiary alicyclic amines) is 1. The largest absolute Gasteiger partial charge is 0.466 e. The van der Waals surface area contributed by atoms with Crippen molar-refractivity contribution in [1.82, 2.24) is 19.2 Å². The minimum absolute atomic E-state index is 0.0788. The zero-order chi connectivity index (χ0) is 25.8. The number of nitrogens with zero attached hydrogens (tertiary/aromatic N) is 4. The Labute approximate surface area is 206 Å². The maximum absolute atomic E-state index is 14.0. The van der Waals surface area contributed by atoms with Crippen LogP contribution in [0.2, 0.25) is 0 Å². The molecule has 0 spiro atoms. The van der Waals surface area contributed by atoms with E-state index in [2.05, 4.69) is 5.10 Å². The summed E-state index contributed by atoms with van der Waals surface area (Å²) in [6, 6.07) is 12.5. The van der Waals surface area contributed by atoms with Gasteiger partial charge in [0.2, 0.25) is 5.69 Å². The number of hydrogen-bond donors (Lipinski definition) is 0. The molecule has 1 atom stereocenters. The Morgan fingerprint density at radius 2 is 1.92 bits per heavy atom. The molecule has 0 bridgehead atoms. The van der Waals surface area contributed by atoms with Crippen molar-refractivity contribution < 1.29 is 18.7 Å². The van der Waals surface area contributed by atoms with Crippen LogP contribution in [0, 0.1) is 18.7 Å². The number of hydrogen-bond acceptors (Lipinski definition) is 6. The Balaban J connectivity index is 1.79. The van der Waals surface area contributed by atoms with Gasteiger partial charge in [-0.05, 0) is 50.5 Å². The average Bonchev–Trinajstić information content (AvgIpc) is 2.86. The van der Waals surface area contributed by atoms with Crippen LogP contribution in [0.25, 0.3) is 5.69 Å². The fraction of sp³-hybridized carbons (Fsp3) is 0.346. The summed E-state index contributed by atoms with van der Waals surface area (Å²) in [4.78, 5) is 53.8. The number of piperidine rings is 1. The van der Waals surface area contributed by atoms with Gasteiger partial charge in [0.05, 0.1) is 24.8 Å². The maximum atomic E-state index is 14.0. The van der Waals surface area contributed by atoms with E-state index < -0.39 is 40.6 Å². The van der Waals surface area contributed by atoms with Gasteiger partial charge in [-0.15, -0.1) is 0 Å². The van der Waals surface area contributed by atoms with Crippen LogP contribution < -0.4 is 11.2 Å². The topological polar surface area (TPSA) is 104 Å². The van der Waals surface area contributed by atoms with Crippen molar-refractivity contribution in [3.05, 3.63) is 92.0 Å². The Kier molecular flexibility index (Phi) is 7.42. The van der Waals surface area contributed by atoms with E-state index in [9.17, 15) is 23.6 Å². The van der Waals surface area contributed by atoms with E-state index >= 15 is 0 Å². The minimum atomic E-state index is -0.850. The highest BCUT2D eigenvalue weighted by molar-refractivity contribution is 5.92. The molecular formula is C26H27FN4O5. The van der Waals surface area contributed by atoms with E-state index in [1.807, 2.05) is 19.1 Å². The molecule has 2 aromatic carbocycles. The molecule has 0 unspecified atom stereocenters. The minimum Gasteiger partial charge on any atom is -0.466 e. The zero-order valence-corrected chi connectivity index (χ0v) is 20.1. The number of ether oxygens (including phenoxy) is 1. The number of aromatic nitrogens is 3. The Morgan fingerprint density at radius 1 is 1.14 bits per heavy atom. The summed E-state index contributed by atoms with van der Waals surface area (Å²) in [5.74, 6) is -2.20. The molecular weight excluding hydrogens is 467 g/mol. The fourth-order valence-electron chi connectivity index (χ4n) is 4.32. The highest BCUT2D eigenvalue weighted by Gasteiger charge is 2.32. The predicted molar refractivity (Wildman–Crippen MR) is 130 cm³/mol. The molecule has 0 radical (unpaired) electrons. The Hall–Kier alpha value is -4.08. The molecule has 36 heavy (non-hydrogen) atoms. The highest BCUT2D eigenvalue weighted by atomic mass is 19.1. The molecule has 0 N–H and O–H groups in total. The molecule has 10 heteroatoms. The van der Waals surface area contributed by atoms with Gasteiger partial charge in [-0.1, -0.05) is 35.9 Å². The molecule has 1 fully saturated rings. The van der Waals surface area contributed by atoms with Gasteiger partial charge in [0, 0.05) is 13.1 Å². The van der Waals surface area contributed by atoms with Gasteiger partial charge in [0.25, 0.3) is 11.5 Å². The second-order valence-corrected chi connectivity index (χ2v) is 8.75. The van der Waals surface area contributed by atoms with E-state index in [1.165, 1.54) is 23.1 Å². The van der Waals surface area contributed by atoms with Gasteiger partial charge >= 0.3 is 11.7 Å². The first-order valence-corrected chi connectivity index (χ1v) is 11.8. The van der Waals surface area contributed by atoms with E-state index in [0.717, 1.165) is 20.9 Å². The summed E-state index contributed by atoms with van der Waals surface area (Å²) in [6.45, 7) is 4.13. The highest BCUT2D eigenvalue weighted by Crippen LogP contribution is 2.19. The summed E-state index contributed by atoms with van der Waals surface area (Å²) in [5.41, 5.74) is -0.421. The third kappa shape index (κ3) is 5.27. The van der Waals surface area contributed by atoms with Crippen molar-refractivity contribution in [2.45, 2.75) is 33.2 Å². The van der Waals surface area contributed by atoms with E-state index in [1.54, 1.807) is 19.1 Å². The number of benzene rings is 2. The van der Waals surface area contributed by atoms with E-state index in [-0.39, 0.29) is 25.4 Å². The SMILES string of the molecule is CCOC(=O)[C@@H]1CCCN(C(=O)c2nn(-c3cccc(F)c3)c(=O)n(Cc3cccc(C)c3)c2=O)C1. The van der Waals surface area contributed by atoms with Gasteiger partial charge in [-0.25, -0.2) is 9.18 Å². The van der Waals surface area contributed by atoms with Crippen LogP contribution in [-0.2, 0) is 16.1 Å². The van der Waals surface area contributed by atoms with Crippen molar-refractivity contribution in [1.29, 1.82) is 0 Å². The normalized spacial score (nSPS) is 15.5. The van der Waals surface area contributed by atoms with E-state index in [4.69, 9.17) is 4.74 Å². The van der Waals surface area contributed by atoms with Crippen molar-refractivity contribution in [2.24, 2.45) is 5.92 Å². The maximum Gasteiger partial charge on any atom is 0.352 e. The zero-order valence-electron chi connectivity index (χ0n) is 20.1. The van der Waals surface area contributed by atoms with Gasteiger partial charge in [0.1, 0.15) is 5.82 Å². The summed E-state index contributed by atoms with van der Waals surface area (Å²) < 4.78 is 20.8. The lowest BCUT2D eigenvalue weighted by Gasteiger charge is -2.31. The van der Waals surface area contributed by atoms with Crippen molar-refractivity contribution in [3.8, 4) is 5.69 Å². The average molecular weight is 495 g/mol. The lowest BCUT2D eigenvalue weighted by atomic mass is 9.98. The van der Waals surface area contributed by atoms with Crippen LogP contribution in [0.5, 0.6) is 0 Å². The number of aryl methyl sites for hydroxylation is 1. The first kappa shape index (κ1) is 25.0. The van der Waals surface area contributed by atoms with Crippen LogP contribution in [0.4, 0.5) is 4.39 Å². The molecule has 1 saturated heterocycles. The fourth-order valence-corrected chi connectivity index (χ4v) is 4.32. The number of carbonyl (C=O) groups is 2. The molecule has 0 saturated carbocycles. The van der Waals surface area contributed by atoms with Gasteiger partial charge < -0.3 is 9.64 Å². The third-order valence-electron chi connectivity index (χ3n) is 6.07. The monoisotopic (exact) mass is 494 g/mol. The van der Waals surface area contributed by atoms with E-state index in [0.29, 0.717) is 24.9 Å². The van der Waals surface area contributed by atoms with Crippen molar-refractivity contribution in [3.63, 3.8) is 0 Å². The Bertz CT molecular complexity index is 1410. The molecule has 1 aliphatic rings. The lowest BCUT2D eigenvalue weighted by Crippen LogP contribution is -2.49. The van der Waals surface area contributed by atoms with Gasteiger partial charge in [-0.2, -0.15) is 9.78 Å². The first-order valence-electron chi connectivity index (χ1n) is 11.8. The standard InChI is InChI=1S/C26H27FN4O5/c1-3-36-25(34)19-9-6-12-29(16-19)23(32)22-24(33)30(15-18-8-4-7-17(2)13-18)26(35)31(28-22)21-11-5-10-20(27)14-21/h4-5,7-8,10-11,13-14,19H,3,6,9,12,15-16H2,1-2H3/t19-/m1/s1. The summed E-state index contributed by atoms with van der Waals surface area (Å²) in [5, 5.41) is 4.08. The molecule has 9 nitrogen and oxygen atoms in total. The smallest absolute Gasteiger partial charge is 0.352 e. The Morgan fingerprint density at radius 3 is 2.64 bits per heavy atom. The molecule has 2 heterocycles. The number of carbonyl (C=O) groups excluding carboxylic acids is 2. The second-order valence-electron chi connectivity index (χ2n) is 8.75. The number of halogens is 1. The summed E-state index contributed by atoms with van der Waals surface area (Å²) >= 11 is 0. The van der Waals surface area contributed by atoms with Crippen molar-refractivity contribution >= 4 is 11.9 Å². The van der Waals surface area contributed by atoms with Crippen LogP contribution >= 0.6 is 0 Å². The van der Waals surface area contributed by atoms with Gasteiger partial charge in [-0.3, -0.25) is 19.0 Å².